The van der Waals surface area contributed by atoms with E-state index in [0.29, 0.717) is 18.0 Å². The summed E-state index contributed by atoms with van der Waals surface area (Å²) in [6, 6.07) is 8.66. The van der Waals surface area contributed by atoms with Crippen molar-refractivity contribution in [2.24, 2.45) is 0 Å². The van der Waals surface area contributed by atoms with Crippen LogP contribution in [-0.4, -0.2) is 26.3 Å². The summed E-state index contributed by atoms with van der Waals surface area (Å²) in [7, 11) is 1.85. The molecule has 0 saturated heterocycles. The summed E-state index contributed by atoms with van der Waals surface area (Å²) < 4.78 is 37.0. The largest absolute Gasteiger partial charge is 0.454 e. The van der Waals surface area contributed by atoms with E-state index in [4.69, 9.17) is 9.47 Å². The van der Waals surface area contributed by atoms with Crippen molar-refractivity contribution in [2.45, 2.75) is 6.54 Å². The first-order chi connectivity index (χ1) is 11.5. The van der Waals surface area contributed by atoms with Gasteiger partial charge >= 0.3 is 0 Å². The normalized spacial score (nSPS) is 13.6. The van der Waals surface area contributed by atoms with Gasteiger partial charge in [0.15, 0.2) is 18.0 Å². The molecule has 2 aromatic rings. The van der Waals surface area contributed by atoms with Crippen molar-refractivity contribution in [3.63, 3.8) is 0 Å². The van der Waals surface area contributed by atoms with Crippen molar-refractivity contribution in [3.05, 3.63) is 53.6 Å². The monoisotopic (exact) mass is 335 g/mol. The van der Waals surface area contributed by atoms with Gasteiger partial charge in [0.05, 0.1) is 12.7 Å². The number of benzene rings is 2. The number of halogens is 2. The molecule has 1 amide bonds. The molecule has 0 aromatic heterocycles. The zero-order valence-corrected chi connectivity index (χ0v) is 13.1. The van der Waals surface area contributed by atoms with Crippen molar-refractivity contribution in [1.82, 2.24) is 0 Å². The molecule has 1 heterocycles. The molecule has 2 aromatic carbocycles. The number of carbonyl (C=O) groups excluding carboxylic acids is 1. The van der Waals surface area contributed by atoms with Gasteiger partial charge in [-0.2, -0.15) is 0 Å². The second-order valence-corrected chi connectivity index (χ2v) is 5.67. The molecule has 0 radical (unpaired) electrons. The molecule has 126 valence electrons. The first-order valence-corrected chi connectivity index (χ1v) is 7.46. The van der Waals surface area contributed by atoms with Crippen LogP contribution in [0.5, 0.6) is 11.5 Å². The summed E-state index contributed by atoms with van der Waals surface area (Å²) in [5, 5.41) is 2.45. The van der Waals surface area contributed by atoms with E-state index in [1.807, 2.05) is 25.2 Å². The second-order valence-electron chi connectivity index (χ2n) is 5.67. The standard InChI is InChI=1S/C17H16F2N2O3/c1-21(8-11-2-5-15-16(6-11)24-10-23-15)9-17(22)20-14-4-3-12(18)7-13(14)19/h2-7H,8-10H2,1H3,(H,20,22)/p+1. The first kappa shape index (κ1) is 16.2. The lowest BCUT2D eigenvalue weighted by atomic mass is 10.2. The number of rotatable bonds is 5. The minimum Gasteiger partial charge on any atom is -0.454 e. The van der Waals surface area contributed by atoms with Crippen LogP contribution >= 0.6 is 0 Å². The molecular weight excluding hydrogens is 318 g/mol. The molecule has 0 fully saturated rings. The molecule has 1 atom stereocenters. The summed E-state index contributed by atoms with van der Waals surface area (Å²) >= 11 is 0. The van der Waals surface area contributed by atoms with E-state index in [1.165, 1.54) is 6.07 Å². The van der Waals surface area contributed by atoms with Crippen LogP contribution in [0.1, 0.15) is 5.56 Å². The zero-order chi connectivity index (χ0) is 17.1. The smallest absolute Gasteiger partial charge is 0.279 e. The van der Waals surface area contributed by atoms with Gasteiger partial charge in [0, 0.05) is 11.6 Å². The molecular formula is C17H17F2N2O3+. The highest BCUT2D eigenvalue weighted by Crippen LogP contribution is 2.32. The Hall–Kier alpha value is -2.67. The number of hydrogen-bond acceptors (Lipinski definition) is 3. The van der Waals surface area contributed by atoms with Gasteiger partial charge in [-0.3, -0.25) is 4.79 Å². The van der Waals surface area contributed by atoms with E-state index in [9.17, 15) is 13.6 Å². The number of hydrogen-bond donors (Lipinski definition) is 2. The Morgan fingerprint density at radius 2 is 1.96 bits per heavy atom. The molecule has 2 N–H and O–H groups in total. The predicted octanol–water partition coefficient (Wildman–Crippen LogP) is 1.35. The summed E-state index contributed by atoms with van der Waals surface area (Å²) in [5.41, 5.74) is 0.967. The lowest BCUT2D eigenvalue weighted by molar-refractivity contribution is -0.885. The third kappa shape index (κ3) is 3.80. The average Bonchev–Trinajstić information content (AvgIpc) is 2.97. The van der Waals surface area contributed by atoms with Crippen LogP contribution in [0.15, 0.2) is 36.4 Å². The van der Waals surface area contributed by atoms with Gasteiger partial charge in [0.1, 0.15) is 18.2 Å². The molecule has 0 saturated carbocycles. The maximum Gasteiger partial charge on any atom is 0.279 e. The number of anilines is 1. The summed E-state index contributed by atoms with van der Waals surface area (Å²) in [4.78, 5) is 12.9. The van der Waals surface area contributed by atoms with Crippen LogP contribution in [0.2, 0.25) is 0 Å². The predicted molar refractivity (Wildman–Crippen MR) is 83.0 cm³/mol. The van der Waals surface area contributed by atoms with Crippen LogP contribution < -0.4 is 19.7 Å². The molecule has 1 aliphatic heterocycles. The highest BCUT2D eigenvalue weighted by Gasteiger charge is 2.17. The number of carbonyl (C=O) groups is 1. The van der Waals surface area contributed by atoms with Gasteiger partial charge < -0.3 is 19.7 Å². The van der Waals surface area contributed by atoms with Gasteiger partial charge in [0.25, 0.3) is 5.91 Å². The zero-order valence-electron chi connectivity index (χ0n) is 13.1. The summed E-state index contributed by atoms with van der Waals surface area (Å²) in [5.74, 6) is -0.425. The van der Waals surface area contributed by atoms with E-state index >= 15 is 0 Å². The van der Waals surface area contributed by atoms with Crippen molar-refractivity contribution in [3.8, 4) is 11.5 Å². The minimum atomic E-state index is -0.795. The van der Waals surface area contributed by atoms with E-state index in [2.05, 4.69) is 5.32 Å². The van der Waals surface area contributed by atoms with Crippen LogP contribution in [0.4, 0.5) is 14.5 Å². The van der Waals surface area contributed by atoms with Crippen molar-refractivity contribution in [1.29, 1.82) is 0 Å². The van der Waals surface area contributed by atoms with Crippen LogP contribution in [0, 0.1) is 11.6 Å². The van der Waals surface area contributed by atoms with Crippen LogP contribution in [-0.2, 0) is 11.3 Å². The van der Waals surface area contributed by atoms with Gasteiger partial charge in [-0.25, -0.2) is 8.78 Å². The molecule has 0 spiro atoms. The van der Waals surface area contributed by atoms with Gasteiger partial charge in [0.2, 0.25) is 6.79 Å². The number of nitrogens with one attached hydrogen (secondary N) is 2. The Bertz CT molecular complexity index is 767. The Labute approximate surface area is 137 Å². The maximum atomic E-state index is 13.5. The molecule has 24 heavy (non-hydrogen) atoms. The fraction of sp³-hybridized carbons (Fsp3) is 0.235. The lowest BCUT2D eigenvalue weighted by Gasteiger charge is -2.14. The molecule has 1 aliphatic rings. The quantitative estimate of drug-likeness (QED) is 0.867. The molecule has 1 unspecified atom stereocenters. The van der Waals surface area contributed by atoms with E-state index in [-0.39, 0.29) is 24.9 Å². The van der Waals surface area contributed by atoms with Crippen LogP contribution in [0.25, 0.3) is 0 Å². The number of likely N-dealkylation sites (N-methyl/N-ethyl adjacent to an activating group) is 1. The number of fused-ring (bicyclic) bond motifs is 1. The molecule has 3 rings (SSSR count). The van der Waals surface area contributed by atoms with Crippen LogP contribution in [0.3, 0.4) is 0 Å². The summed E-state index contributed by atoms with van der Waals surface area (Å²) in [6.07, 6.45) is 0. The Morgan fingerprint density at radius 3 is 2.75 bits per heavy atom. The first-order valence-electron chi connectivity index (χ1n) is 7.46. The van der Waals surface area contributed by atoms with Gasteiger partial charge in [-0.1, -0.05) is 0 Å². The molecule has 0 bridgehead atoms. The number of quaternary nitrogens is 1. The van der Waals surface area contributed by atoms with Crippen molar-refractivity contribution >= 4 is 11.6 Å². The minimum absolute atomic E-state index is 0.0303. The highest BCUT2D eigenvalue weighted by molar-refractivity contribution is 5.91. The van der Waals surface area contributed by atoms with Crippen molar-refractivity contribution < 1.29 is 27.9 Å². The number of ether oxygens (including phenoxy) is 2. The fourth-order valence-corrected chi connectivity index (χ4v) is 2.52. The van der Waals surface area contributed by atoms with E-state index < -0.39 is 11.6 Å². The van der Waals surface area contributed by atoms with E-state index in [0.717, 1.165) is 22.6 Å². The Kier molecular flexibility index (Phi) is 4.61. The molecule has 5 nitrogen and oxygen atoms in total. The highest BCUT2D eigenvalue weighted by atomic mass is 19.1. The van der Waals surface area contributed by atoms with E-state index in [1.54, 1.807) is 0 Å². The lowest BCUT2D eigenvalue weighted by Crippen LogP contribution is -3.08. The third-order valence-corrected chi connectivity index (χ3v) is 3.61. The Morgan fingerprint density at radius 1 is 1.17 bits per heavy atom. The van der Waals surface area contributed by atoms with Gasteiger partial charge in [-0.05, 0) is 30.3 Å². The molecule has 7 heteroatoms. The average molecular weight is 335 g/mol. The maximum absolute atomic E-state index is 13.5. The third-order valence-electron chi connectivity index (χ3n) is 3.61. The topological polar surface area (TPSA) is 52.0 Å². The molecule has 0 aliphatic carbocycles. The number of amides is 1. The SMILES string of the molecule is C[NH+](CC(=O)Nc1ccc(F)cc1F)Cc1ccc2c(c1)OCO2. The van der Waals surface area contributed by atoms with Gasteiger partial charge in [-0.15, -0.1) is 0 Å². The fourth-order valence-electron chi connectivity index (χ4n) is 2.52. The Balaban J connectivity index is 1.56. The second kappa shape index (κ2) is 6.84. The van der Waals surface area contributed by atoms with Crippen molar-refractivity contribution in [2.75, 3.05) is 25.7 Å². The summed E-state index contributed by atoms with van der Waals surface area (Å²) in [6.45, 7) is 0.953.